The van der Waals surface area contributed by atoms with Gasteiger partial charge >= 0.3 is 0 Å². The molecule has 1 N–H and O–H groups in total. The predicted octanol–water partition coefficient (Wildman–Crippen LogP) is 5.83. The number of carbonyl (C=O) groups is 1. The summed E-state index contributed by atoms with van der Waals surface area (Å²) in [4.78, 5) is 18.8. The fourth-order valence-corrected chi connectivity index (χ4v) is 5.86. The molecule has 5 heteroatoms. The highest BCUT2D eigenvalue weighted by Gasteiger charge is 2.42. The van der Waals surface area contributed by atoms with Crippen molar-refractivity contribution in [2.24, 2.45) is 11.8 Å². The number of rotatable bonds is 5. The SMILES string of the molecule is C=C[C@@H](CO[Si](C)(C)C(C)(C)C)[C@H]1CC(=O)N2CCc3c([nH]c4ccccc34)[C@@H]2C1. The van der Waals surface area contributed by atoms with Gasteiger partial charge in [0.15, 0.2) is 8.32 Å². The second-order valence-electron chi connectivity index (χ2n) is 10.6. The molecule has 1 saturated heterocycles. The summed E-state index contributed by atoms with van der Waals surface area (Å²) in [5.74, 6) is 0.762. The summed E-state index contributed by atoms with van der Waals surface area (Å²) in [7, 11) is -1.83. The molecule has 2 aliphatic heterocycles. The number of fused-ring (bicyclic) bond motifs is 5. The van der Waals surface area contributed by atoms with Crippen molar-refractivity contribution in [3.63, 3.8) is 0 Å². The van der Waals surface area contributed by atoms with Crippen molar-refractivity contribution in [3.05, 3.63) is 48.2 Å². The largest absolute Gasteiger partial charge is 0.416 e. The van der Waals surface area contributed by atoms with E-state index in [1.807, 2.05) is 6.08 Å². The van der Waals surface area contributed by atoms with Gasteiger partial charge in [-0.3, -0.25) is 4.79 Å². The number of hydrogen-bond donors (Lipinski definition) is 1. The minimum Gasteiger partial charge on any atom is -0.416 e. The number of carbonyl (C=O) groups excluding carboxylic acids is 1. The van der Waals surface area contributed by atoms with E-state index in [-0.39, 0.29) is 28.8 Å². The molecule has 1 aromatic heterocycles. The first-order chi connectivity index (χ1) is 14.1. The van der Waals surface area contributed by atoms with Crippen molar-refractivity contribution >= 4 is 25.1 Å². The first kappa shape index (κ1) is 21.4. The van der Waals surface area contributed by atoms with Gasteiger partial charge in [-0.15, -0.1) is 6.58 Å². The Balaban J connectivity index is 1.57. The highest BCUT2D eigenvalue weighted by Crippen LogP contribution is 2.44. The molecule has 2 aliphatic rings. The van der Waals surface area contributed by atoms with E-state index in [9.17, 15) is 4.79 Å². The summed E-state index contributed by atoms with van der Waals surface area (Å²) in [6.45, 7) is 17.0. The molecule has 0 unspecified atom stereocenters. The fraction of sp³-hybridized carbons (Fsp3) is 0.560. The third kappa shape index (κ3) is 3.67. The topological polar surface area (TPSA) is 45.3 Å². The second-order valence-corrected chi connectivity index (χ2v) is 15.4. The molecule has 0 radical (unpaired) electrons. The molecule has 1 aromatic carbocycles. The van der Waals surface area contributed by atoms with Crippen LogP contribution in [-0.4, -0.2) is 37.3 Å². The van der Waals surface area contributed by atoms with E-state index in [2.05, 4.69) is 74.6 Å². The molecule has 0 aliphatic carbocycles. The van der Waals surface area contributed by atoms with E-state index in [1.54, 1.807) is 0 Å². The van der Waals surface area contributed by atoms with E-state index in [0.717, 1.165) is 19.4 Å². The van der Waals surface area contributed by atoms with Gasteiger partial charge in [0.1, 0.15) is 0 Å². The van der Waals surface area contributed by atoms with Gasteiger partial charge in [0, 0.05) is 42.1 Å². The van der Waals surface area contributed by atoms with Gasteiger partial charge in [0.05, 0.1) is 6.04 Å². The summed E-state index contributed by atoms with van der Waals surface area (Å²) in [6, 6.07) is 8.65. The minimum absolute atomic E-state index is 0.141. The normalized spacial score (nSPS) is 23.2. The number of amides is 1. The van der Waals surface area contributed by atoms with E-state index in [0.29, 0.717) is 13.0 Å². The quantitative estimate of drug-likeness (QED) is 0.485. The van der Waals surface area contributed by atoms with Gasteiger partial charge in [-0.05, 0) is 48.5 Å². The Morgan fingerprint density at radius 3 is 2.77 bits per heavy atom. The molecule has 3 heterocycles. The Morgan fingerprint density at radius 2 is 2.07 bits per heavy atom. The third-order valence-corrected chi connectivity index (χ3v) is 12.3. The molecule has 0 spiro atoms. The van der Waals surface area contributed by atoms with Crippen molar-refractivity contribution < 1.29 is 9.22 Å². The zero-order valence-corrected chi connectivity index (χ0v) is 20.1. The van der Waals surface area contributed by atoms with Gasteiger partial charge < -0.3 is 14.3 Å². The standard InChI is InChI=1S/C25H36N2O2Si/c1-7-17(16-29-30(5,6)25(2,3)4)18-14-22-24-20(12-13-27(22)23(28)15-18)19-10-8-9-11-21(19)26-24/h7-11,17-18,22,26H,1,12-16H2,2-6H3/t17-,18+,22-/m0/s1. The highest BCUT2D eigenvalue weighted by molar-refractivity contribution is 6.74. The average molecular weight is 425 g/mol. The zero-order valence-electron chi connectivity index (χ0n) is 19.1. The van der Waals surface area contributed by atoms with Crippen LogP contribution in [0.25, 0.3) is 10.9 Å². The molecule has 0 saturated carbocycles. The molecule has 4 rings (SSSR count). The van der Waals surface area contributed by atoms with Crippen molar-refractivity contribution in [3.8, 4) is 0 Å². The van der Waals surface area contributed by atoms with Crippen LogP contribution in [0.3, 0.4) is 0 Å². The Kier molecular flexibility index (Phi) is 5.48. The van der Waals surface area contributed by atoms with E-state index < -0.39 is 8.32 Å². The second kappa shape index (κ2) is 7.68. The molecular weight excluding hydrogens is 388 g/mol. The number of hydrogen-bond acceptors (Lipinski definition) is 2. The van der Waals surface area contributed by atoms with Crippen LogP contribution in [0.5, 0.6) is 0 Å². The number of aromatic amines is 1. The third-order valence-electron chi connectivity index (χ3n) is 7.79. The highest BCUT2D eigenvalue weighted by atomic mass is 28.4. The summed E-state index contributed by atoms with van der Waals surface area (Å²) in [5.41, 5.74) is 3.82. The van der Waals surface area contributed by atoms with E-state index >= 15 is 0 Å². The van der Waals surface area contributed by atoms with Gasteiger partial charge in [-0.1, -0.05) is 45.0 Å². The van der Waals surface area contributed by atoms with Gasteiger partial charge in [-0.2, -0.15) is 0 Å². The van der Waals surface area contributed by atoms with Crippen LogP contribution in [0.4, 0.5) is 0 Å². The average Bonchev–Trinajstić information content (AvgIpc) is 3.07. The van der Waals surface area contributed by atoms with E-state index in [1.165, 1.54) is 22.2 Å². The lowest BCUT2D eigenvalue weighted by Gasteiger charge is -2.44. The molecule has 4 nitrogen and oxygen atoms in total. The van der Waals surface area contributed by atoms with Crippen LogP contribution in [-0.2, 0) is 15.6 Å². The Hall–Kier alpha value is -1.85. The van der Waals surface area contributed by atoms with Crippen molar-refractivity contribution in [1.82, 2.24) is 9.88 Å². The number of piperidine rings is 1. The molecule has 30 heavy (non-hydrogen) atoms. The molecular formula is C25H36N2O2Si. The first-order valence-electron chi connectivity index (χ1n) is 11.3. The first-order valence-corrected chi connectivity index (χ1v) is 14.2. The monoisotopic (exact) mass is 424 g/mol. The van der Waals surface area contributed by atoms with Crippen LogP contribution in [0, 0.1) is 11.8 Å². The Morgan fingerprint density at radius 1 is 1.33 bits per heavy atom. The number of aromatic nitrogens is 1. The van der Waals surface area contributed by atoms with Crippen LogP contribution in [0.2, 0.25) is 18.1 Å². The summed E-state index contributed by atoms with van der Waals surface area (Å²) < 4.78 is 6.52. The summed E-state index contributed by atoms with van der Waals surface area (Å²) >= 11 is 0. The van der Waals surface area contributed by atoms with Crippen molar-refractivity contribution in [2.75, 3.05) is 13.2 Å². The number of nitrogens with one attached hydrogen (secondary N) is 1. The molecule has 1 fully saturated rings. The van der Waals surface area contributed by atoms with E-state index in [4.69, 9.17) is 4.43 Å². The molecule has 0 bridgehead atoms. The Labute approximate surface area is 181 Å². The lowest BCUT2D eigenvalue weighted by atomic mass is 9.78. The summed E-state index contributed by atoms with van der Waals surface area (Å²) in [6.07, 6.45) is 4.54. The molecule has 2 aromatic rings. The summed E-state index contributed by atoms with van der Waals surface area (Å²) in [5, 5.41) is 1.49. The molecule has 1 amide bonds. The maximum atomic E-state index is 13.1. The van der Waals surface area contributed by atoms with Crippen LogP contribution >= 0.6 is 0 Å². The lowest BCUT2D eigenvalue weighted by molar-refractivity contribution is -0.140. The smallest absolute Gasteiger partial charge is 0.223 e. The maximum absolute atomic E-state index is 13.1. The lowest BCUT2D eigenvalue weighted by Crippen LogP contribution is -2.47. The number of H-pyrrole nitrogens is 1. The number of nitrogens with zero attached hydrogens (tertiary/aromatic N) is 1. The van der Waals surface area contributed by atoms with Crippen molar-refractivity contribution in [1.29, 1.82) is 0 Å². The van der Waals surface area contributed by atoms with Crippen LogP contribution < -0.4 is 0 Å². The zero-order chi connectivity index (χ0) is 21.7. The maximum Gasteiger partial charge on any atom is 0.223 e. The Bertz CT molecular complexity index is 956. The van der Waals surface area contributed by atoms with Gasteiger partial charge in [-0.25, -0.2) is 0 Å². The molecule has 3 atom stereocenters. The predicted molar refractivity (Wildman–Crippen MR) is 126 cm³/mol. The number of benzene rings is 1. The van der Waals surface area contributed by atoms with Crippen LogP contribution in [0.1, 0.15) is 50.9 Å². The molecule has 162 valence electrons. The fourth-order valence-electron chi connectivity index (χ4n) is 4.82. The number of para-hydroxylation sites is 1. The van der Waals surface area contributed by atoms with Gasteiger partial charge in [0.2, 0.25) is 5.91 Å². The van der Waals surface area contributed by atoms with Crippen molar-refractivity contribution in [2.45, 2.75) is 64.2 Å². The van der Waals surface area contributed by atoms with Gasteiger partial charge in [0.25, 0.3) is 0 Å². The minimum atomic E-state index is -1.83. The van der Waals surface area contributed by atoms with Crippen LogP contribution in [0.15, 0.2) is 36.9 Å².